The first kappa shape index (κ1) is 13.1. The van der Waals surface area contributed by atoms with Gasteiger partial charge in [0.25, 0.3) is 0 Å². The summed E-state index contributed by atoms with van der Waals surface area (Å²) in [6.07, 6.45) is 0. The zero-order valence-electron chi connectivity index (χ0n) is 11.0. The molecule has 96 valence electrons. The van der Waals surface area contributed by atoms with Crippen LogP contribution < -0.4 is 5.32 Å². The molecule has 2 rings (SSSR count). The highest BCUT2D eigenvalue weighted by Crippen LogP contribution is 2.24. The van der Waals surface area contributed by atoms with Crippen molar-refractivity contribution in [3.05, 3.63) is 51.2 Å². The molecule has 0 amide bonds. The van der Waals surface area contributed by atoms with E-state index in [0.717, 1.165) is 17.7 Å². The third-order valence-electron chi connectivity index (χ3n) is 3.13. The zero-order valence-corrected chi connectivity index (χ0v) is 11.8. The predicted octanol–water partition coefficient (Wildman–Crippen LogP) is 3.92. The summed E-state index contributed by atoms with van der Waals surface area (Å²) in [5.41, 5.74) is 3.09. The Labute approximate surface area is 112 Å². The third kappa shape index (κ3) is 2.92. The predicted molar refractivity (Wildman–Crippen MR) is 77.2 cm³/mol. The van der Waals surface area contributed by atoms with Gasteiger partial charge >= 0.3 is 0 Å². The number of aryl methyl sites for hydroxylation is 2. The Morgan fingerprint density at radius 3 is 2.50 bits per heavy atom. The van der Waals surface area contributed by atoms with Gasteiger partial charge < -0.3 is 10.4 Å². The maximum Gasteiger partial charge on any atom is 0.121 e. The molecule has 3 heteroatoms. The van der Waals surface area contributed by atoms with Crippen LogP contribution in [0.1, 0.15) is 34.5 Å². The normalized spacial score (nSPS) is 12.6. The minimum absolute atomic E-state index is 0.361. The highest BCUT2D eigenvalue weighted by molar-refractivity contribution is 7.10. The fourth-order valence-corrected chi connectivity index (χ4v) is 2.82. The van der Waals surface area contributed by atoms with E-state index in [2.05, 4.69) is 29.8 Å². The Balaban J connectivity index is 2.02. The van der Waals surface area contributed by atoms with Crippen LogP contribution in [0.5, 0.6) is 5.75 Å². The van der Waals surface area contributed by atoms with Gasteiger partial charge in [0.1, 0.15) is 5.75 Å². The number of nitrogens with one attached hydrogen (secondary N) is 1. The summed E-state index contributed by atoms with van der Waals surface area (Å²) in [7, 11) is 0. The molecule has 0 saturated heterocycles. The van der Waals surface area contributed by atoms with E-state index >= 15 is 0 Å². The standard InChI is InChI=1S/C15H19NOS/c1-10-7-13(8-11(2)15(10)17)9-16-12(3)14-5-4-6-18-14/h4-8,12,16-17H,9H2,1-3H3. The first-order valence-corrected chi connectivity index (χ1v) is 7.01. The van der Waals surface area contributed by atoms with Gasteiger partial charge in [-0.1, -0.05) is 18.2 Å². The van der Waals surface area contributed by atoms with Crippen LogP contribution in [0.3, 0.4) is 0 Å². The van der Waals surface area contributed by atoms with E-state index in [1.54, 1.807) is 11.3 Å². The van der Waals surface area contributed by atoms with Crippen LogP contribution in [0.2, 0.25) is 0 Å². The molecule has 1 heterocycles. The van der Waals surface area contributed by atoms with Crippen LogP contribution in [0.4, 0.5) is 0 Å². The van der Waals surface area contributed by atoms with Crippen molar-refractivity contribution in [2.75, 3.05) is 0 Å². The molecular formula is C15H19NOS. The second kappa shape index (κ2) is 5.55. The minimum Gasteiger partial charge on any atom is -0.507 e. The van der Waals surface area contributed by atoms with Crippen molar-refractivity contribution in [2.24, 2.45) is 0 Å². The molecule has 1 unspecified atom stereocenters. The Bertz CT molecular complexity index is 496. The SMILES string of the molecule is Cc1cc(CNC(C)c2cccs2)cc(C)c1O. The minimum atomic E-state index is 0.361. The number of phenols is 1. The second-order valence-corrected chi connectivity index (χ2v) is 5.68. The summed E-state index contributed by atoms with van der Waals surface area (Å²) in [6, 6.07) is 8.66. The summed E-state index contributed by atoms with van der Waals surface area (Å²) in [5.74, 6) is 0.407. The van der Waals surface area contributed by atoms with E-state index in [4.69, 9.17) is 0 Å². The number of hydrogen-bond acceptors (Lipinski definition) is 3. The van der Waals surface area contributed by atoms with Gasteiger partial charge in [0.05, 0.1) is 0 Å². The monoisotopic (exact) mass is 261 g/mol. The average molecular weight is 261 g/mol. The molecule has 0 aliphatic rings. The summed E-state index contributed by atoms with van der Waals surface area (Å²) in [4.78, 5) is 1.35. The highest BCUT2D eigenvalue weighted by atomic mass is 32.1. The molecule has 0 aliphatic heterocycles. The molecule has 1 aromatic heterocycles. The summed E-state index contributed by atoms with van der Waals surface area (Å²) >= 11 is 1.77. The van der Waals surface area contributed by atoms with Gasteiger partial charge in [-0.15, -0.1) is 11.3 Å². The van der Waals surface area contributed by atoms with Gasteiger partial charge in [-0.25, -0.2) is 0 Å². The van der Waals surface area contributed by atoms with Gasteiger partial charge in [-0.05, 0) is 48.9 Å². The van der Waals surface area contributed by atoms with Gasteiger partial charge in [0.15, 0.2) is 0 Å². The summed E-state index contributed by atoms with van der Waals surface area (Å²) < 4.78 is 0. The Kier molecular flexibility index (Phi) is 4.04. The lowest BCUT2D eigenvalue weighted by Crippen LogP contribution is -2.17. The molecule has 18 heavy (non-hydrogen) atoms. The number of rotatable bonds is 4. The van der Waals surface area contributed by atoms with Gasteiger partial charge in [-0.2, -0.15) is 0 Å². The van der Waals surface area contributed by atoms with E-state index in [-0.39, 0.29) is 0 Å². The molecule has 0 spiro atoms. The number of aromatic hydroxyl groups is 1. The lowest BCUT2D eigenvalue weighted by Gasteiger charge is -2.13. The van der Waals surface area contributed by atoms with Crippen LogP contribution in [0.25, 0.3) is 0 Å². The maximum atomic E-state index is 9.74. The lowest BCUT2D eigenvalue weighted by molar-refractivity contribution is 0.466. The van der Waals surface area contributed by atoms with E-state index in [1.807, 2.05) is 26.0 Å². The van der Waals surface area contributed by atoms with Crippen molar-refractivity contribution in [2.45, 2.75) is 33.4 Å². The van der Waals surface area contributed by atoms with Crippen LogP contribution in [-0.2, 0) is 6.54 Å². The Morgan fingerprint density at radius 2 is 1.94 bits per heavy atom. The third-order valence-corrected chi connectivity index (χ3v) is 4.19. The average Bonchev–Trinajstić information content (AvgIpc) is 2.86. The zero-order chi connectivity index (χ0) is 13.1. The summed E-state index contributed by atoms with van der Waals surface area (Å²) in [6.45, 7) is 6.87. The van der Waals surface area contributed by atoms with Crippen molar-refractivity contribution in [3.63, 3.8) is 0 Å². The van der Waals surface area contributed by atoms with E-state index in [9.17, 15) is 5.11 Å². The first-order valence-electron chi connectivity index (χ1n) is 6.14. The van der Waals surface area contributed by atoms with Crippen molar-refractivity contribution in [1.29, 1.82) is 0 Å². The van der Waals surface area contributed by atoms with Crippen LogP contribution in [-0.4, -0.2) is 5.11 Å². The fraction of sp³-hybridized carbons (Fsp3) is 0.333. The fourth-order valence-electron chi connectivity index (χ4n) is 2.06. The molecule has 0 aliphatic carbocycles. The number of benzene rings is 1. The molecule has 2 nitrogen and oxygen atoms in total. The second-order valence-electron chi connectivity index (χ2n) is 4.70. The van der Waals surface area contributed by atoms with Crippen molar-refractivity contribution in [1.82, 2.24) is 5.32 Å². The number of hydrogen-bond donors (Lipinski definition) is 2. The molecule has 0 radical (unpaired) electrons. The van der Waals surface area contributed by atoms with Crippen molar-refractivity contribution in [3.8, 4) is 5.75 Å². The molecule has 2 aromatic rings. The largest absolute Gasteiger partial charge is 0.507 e. The molecule has 1 aromatic carbocycles. The quantitative estimate of drug-likeness (QED) is 0.874. The molecule has 1 atom stereocenters. The Morgan fingerprint density at radius 1 is 1.28 bits per heavy atom. The molecule has 0 fully saturated rings. The van der Waals surface area contributed by atoms with Crippen molar-refractivity contribution >= 4 is 11.3 Å². The van der Waals surface area contributed by atoms with Gasteiger partial charge in [-0.3, -0.25) is 0 Å². The molecular weight excluding hydrogens is 242 g/mol. The van der Waals surface area contributed by atoms with Crippen molar-refractivity contribution < 1.29 is 5.11 Å². The van der Waals surface area contributed by atoms with E-state index < -0.39 is 0 Å². The molecule has 0 bridgehead atoms. The topological polar surface area (TPSA) is 32.3 Å². The summed E-state index contributed by atoms with van der Waals surface area (Å²) in [5, 5.41) is 15.3. The number of thiophene rings is 1. The first-order chi connectivity index (χ1) is 8.58. The Hall–Kier alpha value is -1.32. The van der Waals surface area contributed by atoms with Crippen LogP contribution in [0, 0.1) is 13.8 Å². The van der Waals surface area contributed by atoms with Crippen LogP contribution >= 0.6 is 11.3 Å². The van der Waals surface area contributed by atoms with E-state index in [1.165, 1.54) is 10.4 Å². The van der Waals surface area contributed by atoms with Gasteiger partial charge in [0, 0.05) is 17.5 Å². The molecule has 2 N–H and O–H groups in total. The lowest BCUT2D eigenvalue weighted by atomic mass is 10.1. The van der Waals surface area contributed by atoms with Crippen LogP contribution in [0.15, 0.2) is 29.6 Å². The smallest absolute Gasteiger partial charge is 0.121 e. The highest BCUT2D eigenvalue weighted by Gasteiger charge is 2.07. The van der Waals surface area contributed by atoms with Gasteiger partial charge in [0.2, 0.25) is 0 Å². The number of phenolic OH excluding ortho intramolecular Hbond substituents is 1. The molecule has 0 saturated carbocycles. The van der Waals surface area contributed by atoms with E-state index in [0.29, 0.717) is 11.8 Å². The maximum absolute atomic E-state index is 9.74.